The lowest BCUT2D eigenvalue weighted by Crippen LogP contribution is -2.44. The summed E-state index contributed by atoms with van der Waals surface area (Å²) >= 11 is 1.57. The second kappa shape index (κ2) is 5.96. The fraction of sp³-hybridized carbons (Fsp3) is 0.636. The van der Waals surface area contributed by atoms with E-state index in [0.29, 0.717) is 13.1 Å². The molecule has 4 nitrogen and oxygen atoms in total. The van der Waals surface area contributed by atoms with Gasteiger partial charge in [-0.2, -0.15) is 0 Å². The Kier molecular flexibility index (Phi) is 4.89. The Balaban J connectivity index is 2.35. The number of thiazole rings is 1. The number of hydrogen-bond donors (Lipinski definition) is 2. The molecule has 0 aliphatic carbocycles. The standard InChI is InChI=1S/C11H19N3OS/c1-3-11(2,7-12)10(15)13-5-4-9-6-16-8-14-9/h6,8H,3-5,7,12H2,1-2H3,(H,13,15). The Hall–Kier alpha value is -0.940. The van der Waals surface area contributed by atoms with Crippen LogP contribution in [-0.2, 0) is 11.2 Å². The predicted octanol–water partition coefficient (Wildman–Crippen LogP) is 1.18. The molecule has 1 unspecified atom stereocenters. The van der Waals surface area contributed by atoms with Crippen LogP contribution in [0.5, 0.6) is 0 Å². The predicted molar refractivity (Wildman–Crippen MR) is 66.3 cm³/mol. The van der Waals surface area contributed by atoms with Crippen molar-refractivity contribution in [1.82, 2.24) is 10.3 Å². The van der Waals surface area contributed by atoms with Crippen LogP contribution in [0.4, 0.5) is 0 Å². The third kappa shape index (κ3) is 3.28. The maximum absolute atomic E-state index is 11.8. The van der Waals surface area contributed by atoms with E-state index in [9.17, 15) is 4.79 Å². The molecule has 1 aromatic rings. The van der Waals surface area contributed by atoms with Crippen molar-refractivity contribution in [2.45, 2.75) is 26.7 Å². The second-order valence-corrected chi connectivity index (χ2v) is 4.82. The van der Waals surface area contributed by atoms with Gasteiger partial charge in [0.2, 0.25) is 5.91 Å². The third-order valence-electron chi connectivity index (χ3n) is 2.93. The lowest BCUT2D eigenvalue weighted by atomic mass is 9.86. The molecular weight excluding hydrogens is 222 g/mol. The fourth-order valence-electron chi connectivity index (χ4n) is 1.28. The second-order valence-electron chi connectivity index (χ2n) is 4.10. The Morgan fingerprint density at radius 3 is 2.94 bits per heavy atom. The highest BCUT2D eigenvalue weighted by Crippen LogP contribution is 2.18. The molecule has 0 saturated carbocycles. The average molecular weight is 241 g/mol. The zero-order valence-electron chi connectivity index (χ0n) is 9.82. The number of aromatic nitrogens is 1. The van der Waals surface area contributed by atoms with Crippen LogP contribution >= 0.6 is 11.3 Å². The van der Waals surface area contributed by atoms with Crippen molar-refractivity contribution in [1.29, 1.82) is 0 Å². The van der Waals surface area contributed by atoms with Gasteiger partial charge in [0.25, 0.3) is 0 Å². The minimum absolute atomic E-state index is 0.0349. The summed E-state index contributed by atoms with van der Waals surface area (Å²) in [6.45, 7) is 4.88. The van der Waals surface area contributed by atoms with E-state index >= 15 is 0 Å². The molecule has 5 heteroatoms. The number of nitrogens with one attached hydrogen (secondary N) is 1. The van der Waals surface area contributed by atoms with Gasteiger partial charge >= 0.3 is 0 Å². The Bertz CT molecular complexity index is 320. The summed E-state index contributed by atoms with van der Waals surface area (Å²) in [6.07, 6.45) is 1.53. The number of carbonyl (C=O) groups excluding carboxylic acids is 1. The molecule has 0 radical (unpaired) electrons. The van der Waals surface area contributed by atoms with Crippen LogP contribution in [0.1, 0.15) is 26.0 Å². The van der Waals surface area contributed by atoms with Gasteiger partial charge in [0, 0.05) is 24.9 Å². The molecular formula is C11H19N3OS. The van der Waals surface area contributed by atoms with Crippen LogP contribution in [0, 0.1) is 5.41 Å². The lowest BCUT2D eigenvalue weighted by molar-refractivity contribution is -0.129. The summed E-state index contributed by atoms with van der Waals surface area (Å²) in [6, 6.07) is 0. The van der Waals surface area contributed by atoms with E-state index in [0.717, 1.165) is 18.5 Å². The molecule has 0 aromatic carbocycles. The van der Waals surface area contributed by atoms with E-state index in [2.05, 4.69) is 10.3 Å². The third-order valence-corrected chi connectivity index (χ3v) is 3.56. The summed E-state index contributed by atoms with van der Waals surface area (Å²) in [5.41, 5.74) is 7.99. The summed E-state index contributed by atoms with van der Waals surface area (Å²) in [5, 5.41) is 4.90. The number of nitrogens with zero attached hydrogens (tertiary/aromatic N) is 1. The minimum Gasteiger partial charge on any atom is -0.355 e. The monoisotopic (exact) mass is 241 g/mol. The summed E-state index contributed by atoms with van der Waals surface area (Å²) < 4.78 is 0. The van der Waals surface area contributed by atoms with Crippen LogP contribution in [0.15, 0.2) is 10.9 Å². The molecule has 1 heterocycles. The van der Waals surface area contributed by atoms with Gasteiger partial charge in [-0.25, -0.2) is 4.98 Å². The highest BCUT2D eigenvalue weighted by Gasteiger charge is 2.28. The maximum Gasteiger partial charge on any atom is 0.227 e. The van der Waals surface area contributed by atoms with E-state index in [1.54, 1.807) is 16.8 Å². The SMILES string of the molecule is CCC(C)(CN)C(=O)NCCc1cscn1. The largest absolute Gasteiger partial charge is 0.355 e. The Morgan fingerprint density at radius 2 is 2.44 bits per heavy atom. The molecule has 1 aromatic heterocycles. The van der Waals surface area contributed by atoms with Gasteiger partial charge in [-0.1, -0.05) is 6.92 Å². The molecule has 0 saturated heterocycles. The molecule has 1 rings (SSSR count). The van der Waals surface area contributed by atoms with Crippen LogP contribution in [0.2, 0.25) is 0 Å². The van der Waals surface area contributed by atoms with Gasteiger partial charge in [0.15, 0.2) is 0 Å². The molecule has 90 valence electrons. The van der Waals surface area contributed by atoms with E-state index in [-0.39, 0.29) is 5.91 Å². The first-order valence-corrected chi connectivity index (χ1v) is 6.42. The van der Waals surface area contributed by atoms with Crippen molar-refractivity contribution in [3.63, 3.8) is 0 Å². The highest BCUT2D eigenvalue weighted by atomic mass is 32.1. The van der Waals surface area contributed by atoms with Crippen LogP contribution in [0.3, 0.4) is 0 Å². The quantitative estimate of drug-likeness (QED) is 0.785. The van der Waals surface area contributed by atoms with Gasteiger partial charge in [0.1, 0.15) is 0 Å². The number of carbonyl (C=O) groups is 1. The van der Waals surface area contributed by atoms with Gasteiger partial charge in [-0.3, -0.25) is 4.79 Å². The van der Waals surface area contributed by atoms with Crippen LogP contribution in [0.25, 0.3) is 0 Å². The zero-order chi connectivity index (χ0) is 12.0. The maximum atomic E-state index is 11.8. The molecule has 1 atom stereocenters. The normalized spacial score (nSPS) is 14.4. The molecule has 0 aliphatic rings. The van der Waals surface area contributed by atoms with Crippen molar-refractivity contribution in [3.05, 3.63) is 16.6 Å². The number of nitrogens with two attached hydrogens (primary N) is 1. The molecule has 0 bridgehead atoms. The van der Waals surface area contributed by atoms with Crippen LogP contribution < -0.4 is 11.1 Å². The molecule has 0 fully saturated rings. The number of rotatable bonds is 6. The van der Waals surface area contributed by atoms with E-state index in [1.165, 1.54) is 0 Å². The molecule has 0 aliphatic heterocycles. The van der Waals surface area contributed by atoms with E-state index < -0.39 is 5.41 Å². The van der Waals surface area contributed by atoms with Crippen LogP contribution in [-0.4, -0.2) is 24.0 Å². The first-order valence-electron chi connectivity index (χ1n) is 5.48. The fourth-order valence-corrected chi connectivity index (χ4v) is 1.87. The summed E-state index contributed by atoms with van der Waals surface area (Å²) in [4.78, 5) is 16.0. The lowest BCUT2D eigenvalue weighted by Gasteiger charge is -2.24. The number of amides is 1. The smallest absolute Gasteiger partial charge is 0.227 e. The first kappa shape index (κ1) is 13.1. The Labute approximate surface area is 100 Å². The molecule has 3 N–H and O–H groups in total. The van der Waals surface area contributed by atoms with Gasteiger partial charge in [-0.05, 0) is 13.3 Å². The van der Waals surface area contributed by atoms with Crippen molar-refractivity contribution in [3.8, 4) is 0 Å². The molecule has 16 heavy (non-hydrogen) atoms. The van der Waals surface area contributed by atoms with Crippen molar-refractivity contribution < 1.29 is 4.79 Å². The van der Waals surface area contributed by atoms with Gasteiger partial charge < -0.3 is 11.1 Å². The van der Waals surface area contributed by atoms with Crippen molar-refractivity contribution in [2.75, 3.05) is 13.1 Å². The molecule has 1 amide bonds. The topological polar surface area (TPSA) is 68.0 Å². The summed E-state index contributed by atoms with van der Waals surface area (Å²) in [7, 11) is 0. The van der Waals surface area contributed by atoms with E-state index in [4.69, 9.17) is 5.73 Å². The summed E-state index contributed by atoms with van der Waals surface area (Å²) in [5.74, 6) is 0.0349. The van der Waals surface area contributed by atoms with Gasteiger partial charge in [0.05, 0.1) is 16.6 Å². The van der Waals surface area contributed by atoms with Gasteiger partial charge in [-0.15, -0.1) is 11.3 Å². The average Bonchev–Trinajstić information content (AvgIpc) is 2.80. The van der Waals surface area contributed by atoms with E-state index in [1.807, 2.05) is 19.2 Å². The number of hydrogen-bond acceptors (Lipinski definition) is 4. The minimum atomic E-state index is -0.442. The first-order chi connectivity index (χ1) is 7.62. The molecule has 0 spiro atoms. The highest BCUT2D eigenvalue weighted by molar-refractivity contribution is 7.07. The zero-order valence-corrected chi connectivity index (χ0v) is 10.6. The van der Waals surface area contributed by atoms with Crippen molar-refractivity contribution in [2.24, 2.45) is 11.1 Å². The van der Waals surface area contributed by atoms with Crippen molar-refractivity contribution >= 4 is 17.2 Å². The Morgan fingerprint density at radius 1 is 1.69 bits per heavy atom.